The molecule has 18 heavy (non-hydrogen) atoms. The number of rotatable bonds is 4. The second-order valence-electron chi connectivity index (χ2n) is 6.10. The minimum atomic E-state index is 0.0987. The van der Waals surface area contributed by atoms with Crippen LogP contribution in [0.25, 0.3) is 0 Å². The molecule has 2 N–H and O–H groups in total. The average Bonchev–Trinajstić information content (AvgIpc) is 2.29. The molecule has 1 aromatic rings. The third-order valence-corrected chi connectivity index (χ3v) is 3.47. The Morgan fingerprint density at radius 2 is 1.89 bits per heavy atom. The summed E-state index contributed by atoms with van der Waals surface area (Å²) < 4.78 is 5.54. The number of benzene rings is 1. The Hall–Kier alpha value is -1.02. The Balaban J connectivity index is 3.18. The van der Waals surface area contributed by atoms with Crippen molar-refractivity contribution in [1.82, 2.24) is 0 Å². The Labute approximate surface area is 112 Å². The maximum absolute atomic E-state index is 6.05. The maximum Gasteiger partial charge on any atom is 0.122 e. The van der Waals surface area contributed by atoms with Gasteiger partial charge < -0.3 is 10.5 Å². The smallest absolute Gasteiger partial charge is 0.122 e. The largest absolute Gasteiger partial charge is 0.496 e. The van der Waals surface area contributed by atoms with Gasteiger partial charge >= 0.3 is 0 Å². The zero-order chi connectivity index (χ0) is 13.9. The lowest BCUT2D eigenvalue weighted by Crippen LogP contribution is -2.22. The van der Waals surface area contributed by atoms with Gasteiger partial charge in [-0.3, -0.25) is 0 Å². The zero-order valence-electron chi connectivity index (χ0n) is 12.6. The molecule has 102 valence electrons. The van der Waals surface area contributed by atoms with E-state index in [0.29, 0.717) is 0 Å². The van der Waals surface area contributed by atoms with Crippen LogP contribution in [0.5, 0.6) is 5.75 Å². The molecule has 0 aliphatic heterocycles. The highest BCUT2D eigenvalue weighted by Gasteiger charge is 2.20. The van der Waals surface area contributed by atoms with Gasteiger partial charge in [0.25, 0.3) is 0 Å². The van der Waals surface area contributed by atoms with Crippen molar-refractivity contribution in [2.24, 2.45) is 5.73 Å². The Morgan fingerprint density at radius 3 is 2.33 bits per heavy atom. The second-order valence-corrected chi connectivity index (χ2v) is 6.10. The van der Waals surface area contributed by atoms with Crippen LogP contribution in [0.4, 0.5) is 0 Å². The molecular formula is C16H27NO. The molecule has 0 bridgehead atoms. The molecule has 0 saturated carbocycles. The number of aryl methyl sites for hydroxylation is 1. The highest BCUT2D eigenvalue weighted by Crippen LogP contribution is 2.33. The SMILES string of the molecule is CCC(N)Cc1cc(OC)c(C(C)(C)C)cc1C. The summed E-state index contributed by atoms with van der Waals surface area (Å²) >= 11 is 0. The van der Waals surface area contributed by atoms with Crippen LogP contribution in [0, 0.1) is 6.92 Å². The third-order valence-electron chi connectivity index (χ3n) is 3.47. The van der Waals surface area contributed by atoms with E-state index in [1.165, 1.54) is 16.7 Å². The Morgan fingerprint density at radius 1 is 1.28 bits per heavy atom. The van der Waals surface area contributed by atoms with Crippen molar-refractivity contribution in [1.29, 1.82) is 0 Å². The predicted octanol–water partition coefficient (Wildman–Crippen LogP) is 3.58. The van der Waals surface area contributed by atoms with Gasteiger partial charge in [0.1, 0.15) is 5.75 Å². The van der Waals surface area contributed by atoms with E-state index in [4.69, 9.17) is 10.5 Å². The number of hydrogen-bond acceptors (Lipinski definition) is 2. The molecule has 0 aromatic heterocycles. The number of nitrogens with two attached hydrogens (primary N) is 1. The van der Waals surface area contributed by atoms with E-state index < -0.39 is 0 Å². The molecule has 0 amide bonds. The van der Waals surface area contributed by atoms with Crippen LogP contribution in [0.15, 0.2) is 12.1 Å². The molecule has 0 fully saturated rings. The predicted molar refractivity (Wildman–Crippen MR) is 78.4 cm³/mol. The van der Waals surface area contributed by atoms with Crippen molar-refractivity contribution in [2.45, 2.75) is 58.9 Å². The molecule has 0 aliphatic rings. The molecular weight excluding hydrogens is 222 g/mol. The highest BCUT2D eigenvalue weighted by atomic mass is 16.5. The standard InChI is InChI=1S/C16H27NO/c1-7-13(17)9-12-10-15(18-6)14(8-11(12)2)16(3,4)5/h8,10,13H,7,9,17H2,1-6H3. The normalized spacial score (nSPS) is 13.5. The molecule has 2 nitrogen and oxygen atoms in total. The van der Waals surface area contributed by atoms with Crippen LogP contribution in [0.1, 0.15) is 50.8 Å². The van der Waals surface area contributed by atoms with Gasteiger partial charge in [-0.2, -0.15) is 0 Å². The summed E-state index contributed by atoms with van der Waals surface area (Å²) in [6, 6.07) is 4.64. The monoisotopic (exact) mass is 249 g/mol. The van der Waals surface area contributed by atoms with Crippen molar-refractivity contribution in [3.8, 4) is 5.75 Å². The fourth-order valence-corrected chi connectivity index (χ4v) is 2.13. The first-order chi connectivity index (χ1) is 8.29. The van der Waals surface area contributed by atoms with E-state index in [1.807, 2.05) is 0 Å². The number of hydrogen-bond donors (Lipinski definition) is 1. The molecule has 0 radical (unpaired) electrons. The topological polar surface area (TPSA) is 35.2 Å². The minimum absolute atomic E-state index is 0.0987. The summed E-state index contributed by atoms with van der Waals surface area (Å²) in [5.74, 6) is 0.978. The first-order valence-corrected chi connectivity index (χ1v) is 6.73. The van der Waals surface area contributed by atoms with Gasteiger partial charge in [-0.15, -0.1) is 0 Å². The summed E-state index contributed by atoms with van der Waals surface area (Å²) in [7, 11) is 1.74. The lowest BCUT2D eigenvalue weighted by atomic mass is 9.83. The molecule has 1 unspecified atom stereocenters. The zero-order valence-corrected chi connectivity index (χ0v) is 12.6. The van der Waals surface area contributed by atoms with Gasteiger partial charge in [0.15, 0.2) is 0 Å². The van der Waals surface area contributed by atoms with Crippen LogP contribution in [-0.2, 0) is 11.8 Å². The Kier molecular flexibility index (Phi) is 4.80. The van der Waals surface area contributed by atoms with Crippen LogP contribution in [-0.4, -0.2) is 13.2 Å². The van der Waals surface area contributed by atoms with Crippen molar-refractivity contribution >= 4 is 0 Å². The van der Waals surface area contributed by atoms with Gasteiger partial charge in [-0.1, -0.05) is 33.8 Å². The molecule has 0 heterocycles. The summed E-state index contributed by atoms with van der Waals surface area (Å²) in [5.41, 5.74) is 10.0. The molecule has 0 spiro atoms. The van der Waals surface area contributed by atoms with Crippen LogP contribution in [0.3, 0.4) is 0 Å². The van der Waals surface area contributed by atoms with E-state index in [0.717, 1.165) is 18.6 Å². The van der Waals surface area contributed by atoms with E-state index in [2.05, 4.69) is 46.8 Å². The Bertz CT molecular complexity index is 404. The number of methoxy groups -OCH3 is 1. The molecule has 2 heteroatoms. The first kappa shape index (κ1) is 15.0. The van der Waals surface area contributed by atoms with Crippen molar-refractivity contribution in [2.75, 3.05) is 7.11 Å². The summed E-state index contributed by atoms with van der Waals surface area (Å²) in [6.07, 6.45) is 1.92. The lowest BCUT2D eigenvalue weighted by Gasteiger charge is -2.24. The summed E-state index contributed by atoms with van der Waals surface area (Å²) in [5, 5.41) is 0. The third kappa shape index (κ3) is 3.49. The van der Waals surface area contributed by atoms with Gasteiger partial charge in [0.2, 0.25) is 0 Å². The lowest BCUT2D eigenvalue weighted by molar-refractivity contribution is 0.396. The first-order valence-electron chi connectivity index (χ1n) is 6.73. The van der Waals surface area contributed by atoms with Crippen molar-refractivity contribution < 1.29 is 4.74 Å². The van der Waals surface area contributed by atoms with E-state index in [9.17, 15) is 0 Å². The van der Waals surface area contributed by atoms with Gasteiger partial charge in [0, 0.05) is 6.04 Å². The average molecular weight is 249 g/mol. The van der Waals surface area contributed by atoms with Crippen LogP contribution < -0.4 is 10.5 Å². The van der Waals surface area contributed by atoms with Crippen molar-refractivity contribution in [3.05, 3.63) is 28.8 Å². The van der Waals surface area contributed by atoms with Gasteiger partial charge in [0.05, 0.1) is 7.11 Å². The molecule has 1 aromatic carbocycles. The van der Waals surface area contributed by atoms with Crippen LogP contribution >= 0.6 is 0 Å². The molecule has 0 saturated heterocycles. The number of ether oxygens (including phenoxy) is 1. The summed E-state index contributed by atoms with van der Waals surface area (Å²) in [4.78, 5) is 0. The van der Waals surface area contributed by atoms with Crippen LogP contribution in [0.2, 0.25) is 0 Å². The second kappa shape index (κ2) is 5.75. The fourth-order valence-electron chi connectivity index (χ4n) is 2.13. The fraction of sp³-hybridized carbons (Fsp3) is 0.625. The molecule has 1 atom stereocenters. The molecule has 0 aliphatic carbocycles. The molecule has 1 rings (SSSR count). The maximum atomic E-state index is 6.05. The minimum Gasteiger partial charge on any atom is -0.496 e. The highest BCUT2D eigenvalue weighted by molar-refractivity contribution is 5.46. The van der Waals surface area contributed by atoms with Gasteiger partial charge in [-0.25, -0.2) is 0 Å². The van der Waals surface area contributed by atoms with Crippen molar-refractivity contribution in [3.63, 3.8) is 0 Å². The summed E-state index contributed by atoms with van der Waals surface area (Å²) in [6.45, 7) is 10.9. The quantitative estimate of drug-likeness (QED) is 0.885. The van der Waals surface area contributed by atoms with Gasteiger partial charge in [-0.05, 0) is 47.9 Å². The van der Waals surface area contributed by atoms with E-state index in [1.54, 1.807) is 7.11 Å². The van der Waals surface area contributed by atoms with E-state index in [-0.39, 0.29) is 11.5 Å². The van der Waals surface area contributed by atoms with E-state index >= 15 is 0 Å².